The first-order valence-electron chi connectivity index (χ1n) is 4.80. The highest BCUT2D eigenvalue weighted by molar-refractivity contribution is 7.89. The highest BCUT2D eigenvalue weighted by Crippen LogP contribution is 2.11. The van der Waals surface area contributed by atoms with Crippen LogP contribution in [0.4, 0.5) is 0 Å². The van der Waals surface area contributed by atoms with Gasteiger partial charge >= 0.3 is 0 Å². The molecule has 0 aliphatic carbocycles. The van der Waals surface area contributed by atoms with Gasteiger partial charge in [0.15, 0.2) is 0 Å². The van der Waals surface area contributed by atoms with E-state index in [4.69, 9.17) is 4.74 Å². The maximum Gasteiger partial charge on any atom is 0.215 e. The lowest BCUT2D eigenvalue weighted by Gasteiger charge is -2.32. The summed E-state index contributed by atoms with van der Waals surface area (Å²) in [5.41, 5.74) is 0. The van der Waals surface area contributed by atoms with Crippen LogP contribution >= 0.6 is 0 Å². The molecule has 0 saturated carbocycles. The number of morpholine rings is 1. The maximum atomic E-state index is 11.8. The lowest BCUT2D eigenvalue weighted by atomic mass is 10.3. The Morgan fingerprint density at radius 1 is 1.57 bits per heavy atom. The van der Waals surface area contributed by atoms with E-state index in [2.05, 4.69) is 5.32 Å². The van der Waals surface area contributed by atoms with Gasteiger partial charge in [0.1, 0.15) is 0 Å². The molecule has 0 aromatic rings. The lowest BCUT2D eigenvalue weighted by molar-refractivity contribution is 0.0393. The molecular weight excluding hydrogens is 204 g/mol. The predicted molar refractivity (Wildman–Crippen MR) is 54.7 cm³/mol. The third kappa shape index (κ3) is 2.91. The SMILES string of the molecule is CNCCS(=O)(=O)N1CCOCC1C. The van der Waals surface area contributed by atoms with Gasteiger partial charge in [0, 0.05) is 19.1 Å². The van der Waals surface area contributed by atoms with Gasteiger partial charge in [-0.2, -0.15) is 4.31 Å². The maximum absolute atomic E-state index is 11.8. The van der Waals surface area contributed by atoms with Crippen LogP contribution in [0.15, 0.2) is 0 Å². The van der Waals surface area contributed by atoms with Crippen LogP contribution in [0, 0.1) is 0 Å². The zero-order valence-corrected chi connectivity index (χ0v) is 9.51. The number of hydrogen-bond donors (Lipinski definition) is 1. The van der Waals surface area contributed by atoms with Crippen molar-refractivity contribution < 1.29 is 13.2 Å². The molecule has 1 saturated heterocycles. The highest BCUT2D eigenvalue weighted by Gasteiger charge is 2.29. The second-order valence-corrected chi connectivity index (χ2v) is 5.50. The monoisotopic (exact) mass is 222 g/mol. The molecule has 0 radical (unpaired) electrons. The van der Waals surface area contributed by atoms with Gasteiger partial charge in [-0.1, -0.05) is 0 Å². The summed E-state index contributed by atoms with van der Waals surface area (Å²) in [5, 5.41) is 2.84. The van der Waals surface area contributed by atoms with Gasteiger partial charge in [0.2, 0.25) is 10.0 Å². The molecule has 1 atom stereocenters. The van der Waals surface area contributed by atoms with Crippen LogP contribution < -0.4 is 5.32 Å². The third-order valence-corrected chi connectivity index (χ3v) is 4.25. The molecule has 0 bridgehead atoms. The van der Waals surface area contributed by atoms with E-state index >= 15 is 0 Å². The Kier molecular flexibility index (Phi) is 4.31. The van der Waals surface area contributed by atoms with Crippen LogP contribution in [0.2, 0.25) is 0 Å². The predicted octanol–water partition coefficient (Wildman–Crippen LogP) is -0.744. The molecule has 14 heavy (non-hydrogen) atoms. The van der Waals surface area contributed by atoms with Crippen LogP contribution in [-0.2, 0) is 14.8 Å². The molecule has 0 spiro atoms. The van der Waals surface area contributed by atoms with Gasteiger partial charge in [-0.3, -0.25) is 0 Å². The van der Waals surface area contributed by atoms with E-state index in [1.54, 1.807) is 7.05 Å². The molecule has 1 fully saturated rings. The third-order valence-electron chi connectivity index (χ3n) is 2.27. The fourth-order valence-corrected chi connectivity index (χ4v) is 3.13. The summed E-state index contributed by atoms with van der Waals surface area (Å²) in [7, 11) is -1.36. The number of sulfonamides is 1. The molecule has 6 heteroatoms. The van der Waals surface area contributed by atoms with Crippen molar-refractivity contribution in [1.29, 1.82) is 0 Å². The van der Waals surface area contributed by atoms with Crippen LogP contribution in [0.3, 0.4) is 0 Å². The molecule has 1 rings (SSSR count). The molecule has 1 aliphatic heterocycles. The Labute approximate surface area is 85.5 Å². The summed E-state index contributed by atoms with van der Waals surface area (Å²) in [6.07, 6.45) is 0. The summed E-state index contributed by atoms with van der Waals surface area (Å²) >= 11 is 0. The second kappa shape index (κ2) is 5.06. The summed E-state index contributed by atoms with van der Waals surface area (Å²) in [6, 6.07) is -0.0365. The van der Waals surface area contributed by atoms with Gasteiger partial charge in [-0.05, 0) is 14.0 Å². The van der Waals surface area contributed by atoms with E-state index in [1.165, 1.54) is 4.31 Å². The minimum Gasteiger partial charge on any atom is -0.378 e. The average Bonchev–Trinajstić information content (AvgIpc) is 2.15. The fraction of sp³-hybridized carbons (Fsp3) is 1.00. The van der Waals surface area contributed by atoms with Crippen LogP contribution in [0.5, 0.6) is 0 Å². The van der Waals surface area contributed by atoms with E-state index in [0.717, 1.165) is 0 Å². The van der Waals surface area contributed by atoms with Crippen LogP contribution in [0.1, 0.15) is 6.92 Å². The second-order valence-electron chi connectivity index (χ2n) is 3.45. The molecular formula is C8H18N2O3S. The summed E-state index contributed by atoms with van der Waals surface area (Å²) < 4.78 is 30.3. The molecule has 0 aromatic carbocycles. The number of nitrogens with one attached hydrogen (secondary N) is 1. The van der Waals surface area contributed by atoms with Crippen molar-refractivity contribution >= 4 is 10.0 Å². The standard InChI is InChI=1S/C8H18N2O3S/c1-8-7-13-5-4-10(8)14(11,12)6-3-9-2/h8-9H,3-7H2,1-2H3. The first kappa shape index (κ1) is 11.9. The molecule has 1 heterocycles. The Morgan fingerprint density at radius 3 is 2.86 bits per heavy atom. The van der Waals surface area contributed by atoms with E-state index < -0.39 is 10.0 Å². The van der Waals surface area contributed by atoms with Crippen molar-refractivity contribution in [2.45, 2.75) is 13.0 Å². The van der Waals surface area contributed by atoms with Gasteiger partial charge in [0.05, 0.1) is 19.0 Å². The van der Waals surface area contributed by atoms with Crippen molar-refractivity contribution in [3.8, 4) is 0 Å². The molecule has 1 N–H and O–H groups in total. The smallest absolute Gasteiger partial charge is 0.215 e. The summed E-state index contributed by atoms with van der Waals surface area (Å²) in [5.74, 6) is 0.161. The van der Waals surface area contributed by atoms with Gasteiger partial charge in [-0.25, -0.2) is 8.42 Å². The molecule has 0 amide bonds. The van der Waals surface area contributed by atoms with Crippen molar-refractivity contribution in [2.24, 2.45) is 0 Å². The van der Waals surface area contributed by atoms with E-state index in [1.807, 2.05) is 6.92 Å². The Hall–Kier alpha value is -0.170. The zero-order valence-electron chi connectivity index (χ0n) is 8.69. The summed E-state index contributed by atoms with van der Waals surface area (Å²) in [6.45, 7) is 3.84. The molecule has 84 valence electrons. The number of rotatable bonds is 4. The normalized spacial score (nSPS) is 25.1. The Balaban J connectivity index is 2.60. The lowest BCUT2D eigenvalue weighted by Crippen LogP contribution is -2.48. The van der Waals surface area contributed by atoms with Crippen molar-refractivity contribution in [3.63, 3.8) is 0 Å². The first-order chi connectivity index (χ1) is 6.58. The van der Waals surface area contributed by atoms with E-state index in [-0.39, 0.29) is 11.8 Å². The minimum absolute atomic E-state index is 0.0365. The largest absolute Gasteiger partial charge is 0.378 e. The first-order valence-corrected chi connectivity index (χ1v) is 6.40. The molecule has 1 aliphatic rings. The zero-order chi connectivity index (χ0) is 10.6. The molecule has 0 aromatic heterocycles. The number of ether oxygens (including phenoxy) is 1. The fourth-order valence-electron chi connectivity index (χ4n) is 1.47. The molecule has 1 unspecified atom stereocenters. The quantitative estimate of drug-likeness (QED) is 0.680. The van der Waals surface area contributed by atoms with Crippen molar-refractivity contribution in [1.82, 2.24) is 9.62 Å². The van der Waals surface area contributed by atoms with E-state index in [0.29, 0.717) is 26.3 Å². The van der Waals surface area contributed by atoms with Crippen molar-refractivity contribution in [3.05, 3.63) is 0 Å². The number of nitrogens with zero attached hydrogens (tertiary/aromatic N) is 1. The highest BCUT2D eigenvalue weighted by atomic mass is 32.2. The molecule has 5 nitrogen and oxygen atoms in total. The minimum atomic E-state index is -3.10. The van der Waals surface area contributed by atoms with Crippen LogP contribution in [0.25, 0.3) is 0 Å². The van der Waals surface area contributed by atoms with E-state index in [9.17, 15) is 8.42 Å². The average molecular weight is 222 g/mol. The van der Waals surface area contributed by atoms with Gasteiger partial charge in [0.25, 0.3) is 0 Å². The topological polar surface area (TPSA) is 58.6 Å². The van der Waals surface area contributed by atoms with Gasteiger partial charge < -0.3 is 10.1 Å². The Bertz CT molecular complexity index is 266. The van der Waals surface area contributed by atoms with Crippen LogP contribution in [-0.4, -0.2) is 57.9 Å². The Morgan fingerprint density at radius 2 is 2.29 bits per heavy atom. The van der Waals surface area contributed by atoms with Crippen molar-refractivity contribution in [2.75, 3.05) is 39.1 Å². The summed E-state index contributed by atoms with van der Waals surface area (Å²) in [4.78, 5) is 0. The number of hydrogen-bond acceptors (Lipinski definition) is 4. The van der Waals surface area contributed by atoms with Gasteiger partial charge in [-0.15, -0.1) is 0 Å².